The van der Waals surface area contributed by atoms with Crippen LogP contribution in [0.3, 0.4) is 0 Å². The fourth-order valence-electron chi connectivity index (χ4n) is 2.94. The third kappa shape index (κ3) is 5.32. The van der Waals surface area contributed by atoms with Gasteiger partial charge in [-0.15, -0.1) is 0 Å². The fourth-order valence-corrected chi connectivity index (χ4v) is 3.34. The lowest BCUT2D eigenvalue weighted by atomic mass is 9.91. The van der Waals surface area contributed by atoms with Crippen molar-refractivity contribution in [1.29, 1.82) is 0 Å². The van der Waals surface area contributed by atoms with Gasteiger partial charge in [0.05, 0.1) is 10.0 Å². The number of rotatable bonds is 7. The second-order valence-corrected chi connectivity index (χ2v) is 6.67. The van der Waals surface area contributed by atoms with E-state index in [1.807, 2.05) is 12.1 Å². The van der Waals surface area contributed by atoms with Gasteiger partial charge in [0.15, 0.2) is 0 Å². The molecule has 0 bridgehead atoms. The Morgan fingerprint density at radius 1 is 1.19 bits per heavy atom. The first-order chi connectivity index (χ1) is 10.2. The Morgan fingerprint density at radius 3 is 2.76 bits per heavy atom. The Kier molecular flexibility index (Phi) is 7.09. The molecule has 2 rings (SSSR count). The van der Waals surface area contributed by atoms with Gasteiger partial charge in [0.25, 0.3) is 0 Å². The van der Waals surface area contributed by atoms with E-state index in [4.69, 9.17) is 23.2 Å². The van der Waals surface area contributed by atoms with E-state index in [1.165, 1.54) is 25.7 Å². The van der Waals surface area contributed by atoms with Crippen molar-refractivity contribution in [1.82, 2.24) is 5.32 Å². The summed E-state index contributed by atoms with van der Waals surface area (Å²) in [5.41, 5.74) is 2.75. The van der Waals surface area contributed by atoms with E-state index in [0.29, 0.717) is 16.1 Å². The van der Waals surface area contributed by atoms with Crippen molar-refractivity contribution < 1.29 is 0 Å². The molecule has 1 aromatic rings. The van der Waals surface area contributed by atoms with Gasteiger partial charge >= 0.3 is 0 Å². The molecule has 1 aliphatic rings. The first kappa shape index (κ1) is 16.9. The van der Waals surface area contributed by atoms with Gasteiger partial charge in [-0.3, -0.25) is 0 Å². The lowest BCUT2D eigenvalue weighted by molar-refractivity contribution is 0.490. The van der Waals surface area contributed by atoms with E-state index in [2.05, 4.69) is 24.4 Å². The number of allylic oxidation sites excluding steroid dienone is 1. The highest BCUT2D eigenvalue weighted by atomic mass is 35.5. The molecule has 1 N–H and O–H groups in total. The lowest BCUT2D eigenvalue weighted by Crippen LogP contribution is -2.32. The van der Waals surface area contributed by atoms with E-state index < -0.39 is 0 Å². The van der Waals surface area contributed by atoms with Gasteiger partial charge in [-0.1, -0.05) is 53.9 Å². The van der Waals surface area contributed by atoms with Crippen molar-refractivity contribution in [3.05, 3.63) is 45.5 Å². The summed E-state index contributed by atoms with van der Waals surface area (Å²) in [4.78, 5) is 0. The summed E-state index contributed by atoms with van der Waals surface area (Å²) in [6, 6.07) is 6.38. The molecule has 1 unspecified atom stereocenters. The third-order valence-electron chi connectivity index (χ3n) is 4.07. The Morgan fingerprint density at radius 2 is 2.05 bits per heavy atom. The number of hydrogen-bond donors (Lipinski definition) is 1. The number of benzene rings is 1. The SMILES string of the molecule is CCCNC(CC1=CCCCC1)Cc1cccc(Cl)c1Cl. The topological polar surface area (TPSA) is 12.0 Å². The highest BCUT2D eigenvalue weighted by molar-refractivity contribution is 6.42. The van der Waals surface area contributed by atoms with E-state index in [9.17, 15) is 0 Å². The van der Waals surface area contributed by atoms with Crippen LogP contribution in [0.15, 0.2) is 29.8 Å². The molecule has 1 aromatic carbocycles. The molecular formula is C18H25Cl2N. The van der Waals surface area contributed by atoms with Gasteiger partial charge < -0.3 is 5.32 Å². The largest absolute Gasteiger partial charge is 0.313 e. The Hall–Kier alpha value is -0.500. The van der Waals surface area contributed by atoms with Crippen molar-refractivity contribution in [3.8, 4) is 0 Å². The average Bonchev–Trinajstić information content (AvgIpc) is 2.50. The van der Waals surface area contributed by atoms with E-state index in [0.717, 1.165) is 31.4 Å². The molecule has 0 heterocycles. The van der Waals surface area contributed by atoms with Crippen LogP contribution in [-0.2, 0) is 6.42 Å². The molecule has 0 saturated carbocycles. The Balaban J connectivity index is 2.04. The van der Waals surface area contributed by atoms with Crippen LogP contribution < -0.4 is 5.32 Å². The van der Waals surface area contributed by atoms with Crippen molar-refractivity contribution in [2.75, 3.05) is 6.54 Å². The van der Waals surface area contributed by atoms with Crippen LogP contribution in [-0.4, -0.2) is 12.6 Å². The zero-order valence-electron chi connectivity index (χ0n) is 12.8. The van der Waals surface area contributed by atoms with Gasteiger partial charge in [0.1, 0.15) is 0 Å². The van der Waals surface area contributed by atoms with Crippen LogP contribution >= 0.6 is 23.2 Å². The van der Waals surface area contributed by atoms with Crippen molar-refractivity contribution >= 4 is 23.2 Å². The summed E-state index contributed by atoms with van der Waals surface area (Å²) in [5, 5.41) is 5.03. The summed E-state index contributed by atoms with van der Waals surface area (Å²) in [6.07, 6.45) is 10.8. The van der Waals surface area contributed by atoms with E-state index >= 15 is 0 Å². The Bertz CT molecular complexity index is 482. The second kappa shape index (κ2) is 8.82. The van der Waals surface area contributed by atoms with Gasteiger partial charge in [-0.05, 0) is 63.1 Å². The summed E-state index contributed by atoms with van der Waals surface area (Å²) in [7, 11) is 0. The zero-order chi connectivity index (χ0) is 15.1. The molecule has 1 atom stereocenters. The smallest absolute Gasteiger partial charge is 0.0624 e. The van der Waals surface area contributed by atoms with E-state index in [-0.39, 0.29) is 0 Å². The van der Waals surface area contributed by atoms with Crippen molar-refractivity contribution in [2.24, 2.45) is 0 Å². The van der Waals surface area contributed by atoms with E-state index in [1.54, 1.807) is 5.57 Å². The molecule has 0 aromatic heterocycles. The maximum absolute atomic E-state index is 6.34. The third-order valence-corrected chi connectivity index (χ3v) is 4.93. The van der Waals surface area contributed by atoms with Crippen LogP contribution in [0.1, 0.15) is 51.0 Å². The van der Waals surface area contributed by atoms with Gasteiger partial charge in [0, 0.05) is 6.04 Å². The normalized spacial score (nSPS) is 16.6. The highest BCUT2D eigenvalue weighted by Crippen LogP contribution is 2.28. The molecule has 1 nitrogen and oxygen atoms in total. The maximum Gasteiger partial charge on any atom is 0.0624 e. The molecule has 0 aliphatic heterocycles. The molecule has 0 fully saturated rings. The van der Waals surface area contributed by atoms with Crippen molar-refractivity contribution in [3.63, 3.8) is 0 Å². The Labute approximate surface area is 138 Å². The molecule has 1 aliphatic carbocycles. The molecule has 0 spiro atoms. The predicted molar refractivity (Wildman–Crippen MR) is 93.4 cm³/mol. The number of halogens is 2. The predicted octanol–water partition coefficient (Wildman–Crippen LogP) is 5.79. The maximum atomic E-state index is 6.34. The lowest BCUT2D eigenvalue weighted by Gasteiger charge is -2.22. The van der Waals surface area contributed by atoms with Gasteiger partial charge in [0.2, 0.25) is 0 Å². The molecular weight excluding hydrogens is 301 g/mol. The van der Waals surface area contributed by atoms with Crippen LogP contribution in [0.4, 0.5) is 0 Å². The summed E-state index contributed by atoms with van der Waals surface area (Å²) >= 11 is 12.5. The first-order valence-electron chi connectivity index (χ1n) is 8.05. The molecule has 0 saturated heterocycles. The monoisotopic (exact) mass is 325 g/mol. The molecule has 116 valence electrons. The molecule has 0 radical (unpaired) electrons. The van der Waals surface area contributed by atoms with Crippen LogP contribution in [0.5, 0.6) is 0 Å². The number of hydrogen-bond acceptors (Lipinski definition) is 1. The fraction of sp³-hybridized carbons (Fsp3) is 0.556. The molecule has 21 heavy (non-hydrogen) atoms. The average molecular weight is 326 g/mol. The van der Waals surface area contributed by atoms with Crippen LogP contribution in [0, 0.1) is 0 Å². The number of nitrogens with one attached hydrogen (secondary N) is 1. The second-order valence-electron chi connectivity index (χ2n) is 5.88. The standard InChI is InChI=1S/C18H25Cl2N/c1-2-11-21-16(12-14-7-4-3-5-8-14)13-15-9-6-10-17(19)18(15)20/h6-7,9-10,16,21H,2-5,8,11-13H2,1H3. The minimum Gasteiger partial charge on any atom is -0.313 e. The van der Waals surface area contributed by atoms with Crippen LogP contribution in [0.2, 0.25) is 10.0 Å². The first-order valence-corrected chi connectivity index (χ1v) is 8.80. The quantitative estimate of drug-likeness (QED) is 0.625. The summed E-state index contributed by atoms with van der Waals surface area (Å²) in [6.45, 7) is 3.26. The molecule has 3 heteroatoms. The van der Waals surface area contributed by atoms with Gasteiger partial charge in [-0.25, -0.2) is 0 Å². The van der Waals surface area contributed by atoms with Crippen LogP contribution in [0.25, 0.3) is 0 Å². The zero-order valence-corrected chi connectivity index (χ0v) is 14.3. The summed E-state index contributed by atoms with van der Waals surface area (Å²) < 4.78 is 0. The van der Waals surface area contributed by atoms with Crippen molar-refractivity contribution in [2.45, 2.75) is 57.9 Å². The summed E-state index contributed by atoms with van der Waals surface area (Å²) in [5.74, 6) is 0. The minimum atomic E-state index is 0.449. The highest BCUT2D eigenvalue weighted by Gasteiger charge is 2.15. The molecule has 0 amide bonds. The minimum absolute atomic E-state index is 0.449. The van der Waals surface area contributed by atoms with Gasteiger partial charge in [-0.2, -0.15) is 0 Å².